The standard InChI is InChI=1S/C16H13IN2O2/c1-16(11-5-3-2-4-6-11)9-14(20)19(15(16)21)13-8-7-12(17)10-18-13/h2-8,10H,9H2,1H3. The Morgan fingerprint density at radius 2 is 1.86 bits per heavy atom. The van der Waals surface area contributed by atoms with E-state index in [0.717, 1.165) is 9.13 Å². The smallest absolute Gasteiger partial charge is 0.245 e. The Bertz CT molecular complexity index is 700. The third-order valence-corrected chi connectivity index (χ3v) is 4.42. The Labute approximate surface area is 136 Å². The van der Waals surface area contributed by atoms with Gasteiger partial charge < -0.3 is 0 Å². The number of nitrogens with zero attached hydrogens (tertiary/aromatic N) is 2. The molecule has 1 aromatic heterocycles. The molecule has 1 aliphatic heterocycles. The number of carbonyl (C=O) groups is 2. The molecule has 1 atom stereocenters. The van der Waals surface area contributed by atoms with Crippen molar-refractivity contribution in [2.24, 2.45) is 0 Å². The van der Waals surface area contributed by atoms with Gasteiger partial charge in [-0.05, 0) is 47.2 Å². The number of carbonyl (C=O) groups excluding carboxylic acids is 2. The van der Waals surface area contributed by atoms with Crippen molar-refractivity contribution in [2.45, 2.75) is 18.8 Å². The van der Waals surface area contributed by atoms with Crippen LogP contribution in [0.1, 0.15) is 18.9 Å². The highest BCUT2D eigenvalue weighted by Crippen LogP contribution is 2.37. The van der Waals surface area contributed by atoms with E-state index in [9.17, 15) is 9.59 Å². The minimum absolute atomic E-state index is 0.170. The maximum absolute atomic E-state index is 12.8. The second kappa shape index (κ2) is 5.22. The molecular weight excluding hydrogens is 379 g/mol. The van der Waals surface area contributed by atoms with Gasteiger partial charge in [0, 0.05) is 16.2 Å². The number of benzene rings is 1. The predicted octanol–water partition coefficient (Wildman–Crippen LogP) is 2.91. The van der Waals surface area contributed by atoms with Gasteiger partial charge in [0.2, 0.25) is 11.8 Å². The Morgan fingerprint density at radius 1 is 1.14 bits per heavy atom. The normalized spacial score (nSPS) is 21.9. The van der Waals surface area contributed by atoms with Crippen molar-refractivity contribution >= 4 is 40.2 Å². The Hall–Kier alpha value is -1.76. The zero-order valence-corrected chi connectivity index (χ0v) is 13.6. The van der Waals surface area contributed by atoms with Crippen LogP contribution in [0, 0.1) is 3.57 Å². The monoisotopic (exact) mass is 392 g/mol. The van der Waals surface area contributed by atoms with Crippen molar-refractivity contribution < 1.29 is 9.59 Å². The lowest BCUT2D eigenvalue weighted by Gasteiger charge is -2.22. The molecule has 1 saturated heterocycles. The minimum atomic E-state index is -0.816. The molecule has 0 radical (unpaired) electrons. The second-order valence-electron chi connectivity index (χ2n) is 5.24. The number of imide groups is 1. The summed E-state index contributed by atoms with van der Waals surface area (Å²) in [6.07, 6.45) is 1.82. The summed E-state index contributed by atoms with van der Waals surface area (Å²) in [5.41, 5.74) is 0.0413. The van der Waals surface area contributed by atoms with E-state index in [1.807, 2.05) is 43.3 Å². The van der Waals surface area contributed by atoms with Gasteiger partial charge in [0.25, 0.3) is 0 Å². The maximum atomic E-state index is 12.8. The average Bonchev–Trinajstić information content (AvgIpc) is 2.72. The van der Waals surface area contributed by atoms with Crippen LogP contribution in [0.2, 0.25) is 0 Å². The fourth-order valence-electron chi connectivity index (χ4n) is 2.58. The van der Waals surface area contributed by atoms with Gasteiger partial charge in [0.1, 0.15) is 5.82 Å². The lowest BCUT2D eigenvalue weighted by atomic mass is 9.81. The molecule has 4 nitrogen and oxygen atoms in total. The van der Waals surface area contributed by atoms with Crippen molar-refractivity contribution in [3.05, 3.63) is 57.8 Å². The molecule has 2 amide bonds. The van der Waals surface area contributed by atoms with E-state index in [1.54, 1.807) is 12.3 Å². The van der Waals surface area contributed by atoms with Crippen LogP contribution in [0.15, 0.2) is 48.7 Å². The lowest BCUT2D eigenvalue weighted by Crippen LogP contribution is -2.37. The summed E-state index contributed by atoms with van der Waals surface area (Å²) >= 11 is 2.14. The molecule has 2 heterocycles. The maximum Gasteiger partial charge on any atom is 0.245 e. The SMILES string of the molecule is CC1(c2ccccc2)CC(=O)N(c2ccc(I)cn2)C1=O. The highest BCUT2D eigenvalue weighted by atomic mass is 127. The molecule has 0 spiro atoms. The number of hydrogen-bond donors (Lipinski definition) is 0. The van der Waals surface area contributed by atoms with Crippen LogP contribution in [0.25, 0.3) is 0 Å². The number of amides is 2. The van der Waals surface area contributed by atoms with Crippen molar-refractivity contribution in [3.8, 4) is 0 Å². The van der Waals surface area contributed by atoms with Crippen LogP contribution >= 0.6 is 22.6 Å². The molecule has 0 saturated carbocycles. The number of pyridine rings is 1. The third kappa shape index (κ3) is 2.35. The van der Waals surface area contributed by atoms with E-state index in [1.165, 1.54) is 4.90 Å². The predicted molar refractivity (Wildman–Crippen MR) is 87.9 cm³/mol. The average molecular weight is 392 g/mol. The van der Waals surface area contributed by atoms with E-state index in [4.69, 9.17) is 0 Å². The first kappa shape index (κ1) is 14.2. The first-order valence-corrected chi connectivity index (χ1v) is 7.65. The summed E-state index contributed by atoms with van der Waals surface area (Å²) in [6.45, 7) is 1.81. The summed E-state index contributed by atoms with van der Waals surface area (Å²) in [5.74, 6) is -0.0301. The van der Waals surface area contributed by atoms with Gasteiger partial charge in [-0.25, -0.2) is 9.88 Å². The largest absolute Gasteiger partial charge is 0.274 e. The highest BCUT2D eigenvalue weighted by Gasteiger charge is 2.50. The van der Waals surface area contributed by atoms with Crippen molar-refractivity contribution in [1.29, 1.82) is 0 Å². The lowest BCUT2D eigenvalue weighted by molar-refractivity contribution is -0.122. The molecule has 1 unspecified atom stereocenters. The zero-order valence-electron chi connectivity index (χ0n) is 11.4. The Balaban J connectivity index is 2.01. The summed E-state index contributed by atoms with van der Waals surface area (Å²) in [7, 11) is 0. The molecule has 1 aromatic carbocycles. The molecule has 1 fully saturated rings. The van der Waals surface area contributed by atoms with Crippen LogP contribution in [-0.4, -0.2) is 16.8 Å². The van der Waals surface area contributed by atoms with Crippen LogP contribution in [0.5, 0.6) is 0 Å². The Morgan fingerprint density at radius 3 is 2.48 bits per heavy atom. The molecule has 0 N–H and O–H groups in total. The van der Waals surface area contributed by atoms with E-state index in [0.29, 0.717) is 5.82 Å². The van der Waals surface area contributed by atoms with Gasteiger partial charge in [0.15, 0.2) is 0 Å². The van der Waals surface area contributed by atoms with Crippen molar-refractivity contribution in [3.63, 3.8) is 0 Å². The number of halogens is 1. The molecule has 2 aromatic rings. The molecule has 0 bridgehead atoms. The first-order chi connectivity index (χ1) is 10.0. The molecule has 21 heavy (non-hydrogen) atoms. The van der Waals surface area contributed by atoms with Crippen molar-refractivity contribution in [1.82, 2.24) is 4.98 Å². The van der Waals surface area contributed by atoms with Gasteiger partial charge in [-0.1, -0.05) is 30.3 Å². The number of aromatic nitrogens is 1. The quantitative estimate of drug-likeness (QED) is 0.584. The van der Waals surface area contributed by atoms with E-state index in [-0.39, 0.29) is 18.2 Å². The summed E-state index contributed by atoms with van der Waals surface area (Å²) in [5, 5.41) is 0. The molecule has 1 aliphatic rings. The van der Waals surface area contributed by atoms with Crippen molar-refractivity contribution in [2.75, 3.05) is 4.90 Å². The Kier molecular flexibility index (Phi) is 3.52. The van der Waals surface area contributed by atoms with Gasteiger partial charge in [-0.3, -0.25) is 9.59 Å². The molecule has 3 rings (SSSR count). The van der Waals surface area contributed by atoms with Crippen LogP contribution in [0.3, 0.4) is 0 Å². The van der Waals surface area contributed by atoms with Crippen LogP contribution in [-0.2, 0) is 15.0 Å². The van der Waals surface area contributed by atoms with Crippen LogP contribution < -0.4 is 4.90 Å². The molecular formula is C16H13IN2O2. The first-order valence-electron chi connectivity index (χ1n) is 6.57. The number of anilines is 1. The summed E-state index contributed by atoms with van der Waals surface area (Å²) < 4.78 is 0.960. The van der Waals surface area contributed by atoms with E-state index in [2.05, 4.69) is 27.6 Å². The summed E-state index contributed by atoms with van der Waals surface area (Å²) in [6, 6.07) is 13.0. The number of hydrogen-bond acceptors (Lipinski definition) is 3. The van der Waals surface area contributed by atoms with Gasteiger partial charge in [0.05, 0.1) is 5.41 Å². The van der Waals surface area contributed by atoms with Gasteiger partial charge >= 0.3 is 0 Å². The highest BCUT2D eigenvalue weighted by molar-refractivity contribution is 14.1. The fraction of sp³-hybridized carbons (Fsp3) is 0.188. The molecule has 0 aliphatic carbocycles. The number of rotatable bonds is 2. The fourth-order valence-corrected chi connectivity index (χ4v) is 2.90. The minimum Gasteiger partial charge on any atom is -0.274 e. The second-order valence-corrected chi connectivity index (χ2v) is 6.49. The van der Waals surface area contributed by atoms with Gasteiger partial charge in [-0.15, -0.1) is 0 Å². The zero-order chi connectivity index (χ0) is 15.0. The van der Waals surface area contributed by atoms with Crippen LogP contribution in [0.4, 0.5) is 5.82 Å². The summed E-state index contributed by atoms with van der Waals surface area (Å²) in [4.78, 5) is 30.5. The topological polar surface area (TPSA) is 50.3 Å². The van der Waals surface area contributed by atoms with E-state index >= 15 is 0 Å². The molecule has 5 heteroatoms. The van der Waals surface area contributed by atoms with Gasteiger partial charge in [-0.2, -0.15) is 0 Å². The molecule has 106 valence electrons. The third-order valence-electron chi connectivity index (χ3n) is 3.78. The van der Waals surface area contributed by atoms with E-state index < -0.39 is 5.41 Å².